The number of rotatable bonds is 1. The topological polar surface area (TPSA) is 92.5 Å². The number of phenolic OH excluding ortho intramolecular Hbond substituents is 2. The lowest BCUT2D eigenvalue weighted by Gasteiger charge is -2.06. The molecule has 3 rings (SSSR count). The number of anilines is 1. The highest BCUT2D eigenvalue weighted by molar-refractivity contribution is 5.99. The number of phenols is 2. The Morgan fingerprint density at radius 1 is 1.06 bits per heavy atom. The summed E-state index contributed by atoms with van der Waals surface area (Å²) in [6.45, 7) is 0. The van der Waals surface area contributed by atoms with Crippen LogP contribution < -0.4 is 5.73 Å². The molecule has 3 aromatic rings. The molecular formula is C13H10N2O3. The van der Waals surface area contributed by atoms with Crippen LogP contribution in [-0.2, 0) is 0 Å². The standard InChI is InChI=1S/C13H10N2O3/c14-12-6-10(15-18-12)13-9-5-8(16)3-1-7(9)2-4-11(13)17/h1-6,16-17H,14H2. The van der Waals surface area contributed by atoms with Gasteiger partial charge in [-0.05, 0) is 29.0 Å². The van der Waals surface area contributed by atoms with Crippen LogP contribution >= 0.6 is 0 Å². The number of nitrogen functional groups attached to an aromatic ring is 1. The number of aromatic hydroxyl groups is 2. The first kappa shape index (κ1) is 10.5. The van der Waals surface area contributed by atoms with E-state index in [1.54, 1.807) is 30.3 Å². The number of hydrogen-bond donors (Lipinski definition) is 3. The second-order valence-corrected chi connectivity index (χ2v) is 3.98. The molecule has 0 aliphatic carbocycles. The Morgan fingerprint density at radius 3 is 2.56 bits per heavy atom. The van der Waals surface area contributed by atoms with Gasteiger partial charge in [0.25, 0.3) is 0 Å². The highest BCUT2D eigenvalue weighted by Crippen LogP contribution is 2.37. The number of aromatic nitrogens is 1. The monoisotopic (exact) mass is 242 g/mol. The fourth-order valence-electron chi connectivity index (χ4n) is 1.97. The first-order chi connectivity index (χ1) is 8.65. The van der Waals surface area contributed by atoms with Crippen LogP contribution in [0.3, 0.4) is 0 Å². The van der Waals surface area contributed by atoms with Crippen molar-refractivity contribution in [2.45, 2.75) is 0 Å². The third-order valence-corrected chi connectivity index (χ3v) is 2.77. The number of fused-ring (bicyclic) bond motifs is 1. The first-order valence-corrected chi connectivity index (χ1v) is 5.32. The molecule has 0 saturated heterocycles. The van der Waals surface area contributed by atoms with Crippen LogP contribution in [-0.4, -0.2) is 15.4 Å². The van der Waals surface area contributed by atoms with Crippen molar-refractivity contribution in [2.75, 3.05) is 5.73 Å². The van der Waals surface area contributed by atoms with Crippen molar-refractivity contribution < 1.29 is 14.7 Å². The van der Waals surface area contributed by atoms with Crippen LogP contribution in [0.4, 0.5) is 5.88 Å². The molecule has 1 heterocycles. The fourth-order valence-corrected chi connectivity index (χ4v) is 1.97. The van der Waals surface area contributed by atoms with E-state index in [9.17, 15) is 10.2 Å². The van der Waals surface area contributed by atoms with E-state index in [2.05, 4.69) is 5.16 Å². The minimum atomic E-state index is 0.0569. The average molecular weight is 242 g/mol. The van der Waals surface area contributed by atoms with E-state index >= 15 is 0 Å². The minimum absolute atomic E-state index is 0.0569. The maximum absolute atomic E-state index is 9.96. The molecule has 0 atom stereocenters. The van der Waals surface area contributed by atoms with Crippen molar-refractivity contribution >= 4 is 16.7 Å². The smallest absolute Gasteiger partial charge is 0.222 e. The predicted octanol–water partition coefficient (Wildman–Crippen LogP) is 2.49. The molecule has 0 aliphatic heterocycles. The van der Waals surface area contributed by atoms with Gasteiger partial charge in [0.2, 0.25) is 5.88 Å². The Kier molecular flexibility index (Phi) is 2.13. The second kappa shape index (κ2) is 3.66. The van der Waals surface area contributed by atoms with E-state index in [-0.39, 0.29) is 17.4 Å². The molecule has 90 valence electrons. The zero-order chi connectivity index (χ0) is 12.7. The molecule has 1 aromatic heterocycles. The molecular weight excluding hydrogens is 232 g/mol. The molecule has 0 radical (unpaired) electrons. The SMILES string of the molecule is Nc1cc(-c2c(O)ccc3ccc(O)cc23)no1. The Labute approximate surface area is 102 Å². The highest BCUT2D eigenvalue weighted by Gasteiger charge is 2.13. The van der Waals surface area contributed by atoms with Crippen LogP contribution in [0.5, 0.6) is 11.5 Å². The van der Waals surface area contributed by atoms with Gasteiger partial charge in [-0.1, -0.05) is 17.3 Å². The maximum atomic E-state index is 9.96. The van der Waals surface area contributed by atoms with E-state index in [1.807, 2.05) is 0 Å². The first-order valence-electron chi connectivity index (χ1n) is 5.32. The minimum Gasteiger partial charge on any atom is -0.508 e. The average Bonchev–Trinajstić information content (AvgIpc) is 2.75. The van der Waals surface area contributed by atoms with Crippen molar-refractivity contribution in [3.8, 4) is 22.8 Å². The summed E-state index contributed by atoms with van der Waals surface area (Å²) in [6.07, 6.45) is 0. The Bertz CT molecular complexity index is 729. The summed E-state index contributed by atoms with van der Waals surface area (Å²) in [7, 11) is 0. The summed E-state index contributed by atoms with van der Waals surface area (Å²) >= 11 is 0. The molecule has 0 aliphatic rings. The van der Waals surface area contributed by atoms with Gasteiger partial charge in [0.15, 0.2) is 0 Å². The van der Waals surface area contributed by atoms with Crippen LogP contribution in [0.25, 0.3) is 22.0 Å². The van der Waals surface area contributed by atoms with E-state index in [0.717, 1.165) is 5.39 Å². The van der Waals surface area contributed by atoms with E-state index < -0.39 is 0 Å². The van der Waals surface area contributed by atoms with Crippen molar-refractivity contribution in [2.24, 2.45) is 0 Å². The Balaban J connectivity index is 2.39. The Morgan fingerprint density at radius 2 is 1.83 bits per heavy atom. The van der Waals surface area contributed by atoms with E-state index in [0.29, 0.717) is 16.6 Å². The third kappa shape index (κ3) is 1.53. The molecule has 0 bridgehead atoms. The van der Waals surface area contributed by atoms with Crippen LogP contribution in [0.15, 0.2) is 40.9 Å². The van der Waals surface area contributed by atoms with Gasteiger partial charge in [-0.15, -0.1) is 0 Å². The summed E-state index contributed by atoms with van der Waals surface area (Å²) in [5.41, 5.74) is 6.40. The number of nitrogens with zero attached hydrogens (tertiary/aromatic N) is 1. The molecule has 2 aromatic carbocycles. The molecule has 0 saturated carbocycles. The van der Waals surface area contributed by atoms with Gasteiger partial charge in [-0.3, -0.25) is 0 Å². The Hall–Kier alpha value is -2.69. The van der Waals surface area contributed by atoms with Gasteiger partial charge in [-0.2, -0.15) is 0 Å². The highest BCUT2D eigenvalue weighted by atomic mass is 16.5. The predicted molar refractivity (Wildman–Crippen MR) is 67.2 cm³/mol. The summed E-state index contributed by atoms with van der Waals surface area (Å²) in [5, 5.41) is 24.9. The molecule has 0 fully saturated rings. The van der Waals surface area contributed by atoms with Crippen molar-refractivity contribution in [3.63, 3.8) is 0 Å². The molecule has 0 unspecified atom stereocenters. The number of hydrogen-bond acceptors (Lipinski definition) is 5. The van der Waals surface area contributed by atoms with Gasteiger partial charge in [0, 0.05) is 6.07 Å². The van der Waals surface area contributed by atoms with Crippen LogP contribution in [0.2, 0.25) is 0 Å². The summed E-state index contributed by atoms with van der Waals surface area (Å²) in [6, 6.07) is 9.77. The molecule has 4 N–H and O–H groups in total. The van der Waals surface area contributed by atoms with Crippen LogP contribution in [0, 0.1) is 0 Å². The summed E-state index contributed by atoms with van der Waals surface area (Å²) in [5.74, 6) is 0.341. The summed E-state index contributed by atoms with van der Waals surface area (Å²) in [4.78, 5) is 0. The zero-order valence-electron chi connectivity index (χ0n) is 9.29. The molecule has 5 heteroatoms. The van der Waals surface area contributed by atoms with Gasteiger partial charge in [0.05, 0.1) is 5.56 Å². The largest absolute Gasteiger partial charge is 0.508 e. The van der Waals surface area contributed by atoms with Crippen molar-refractivity contribution in [1.29, 1.82) is 0 Å². The van der Waals surface area contributed by atoms with Gasteiger partial charge >= 0.3 is 0 Å². The molecule has 18 heavy (non-hydrogen) atoms. The summed E-state index contributed by atoms with van der Waals surface area (Å²) < 4.78 is 4.81. The maximum Gasteiger partial charge on any atom is 0.222 e. The number of nitrogens with two attached hydrogens (primary N) is 1. The van der Waals surface area contributed by atoms with Gasteiger partial charge < -0.3 is 20.5 Å². The third-order valence-electron chi connectivity index (χ3n) is 2.77. The van der Waals surface area contributed by atoms with E-state index in [1.165, 1.54) is 6.07 Å². The quantitative estimate of drug-likeness (QED) is 0.609. The van der Waals surface area contributed by atoms with Gasteiger partial charge in [0.1, 0.15) is 17.2 Å². The molecule has 5 nitrogen and oxygen atoms in total. The lowest BCUT2D eigenvalue weighted by molar-refractivity contribution is 0.437. The normalized spacial score (nSPS) is 10.9. The van der Waals surface area contributed by atoms with Crippen molar-refractivity contribution in [3.05, 3.63) is 36.4 Å². The van der Waals surface area contributed by atoms with Gasteiger partial charge in [-0.25, -0.2) is 0 Å². The molecule has 0 spiro atoms. The van der Waals surface area contributed by atoms with Crippen molar-refractivity contribution in [1.82, 2.24) is 5.16 Å². The molecule has 0 amide bonds. The van der Waals surface area contributed by atoms with Crippen LogP contribution in [0.1, 0.15) is 0 Å². The second-order valence-electron chi connectivity index (χ2n) is 3.98. The zero-order valence-corrected chi connectivity index (χ0v) is 9.29. The fraction of sp³-hybridized carbons (Fsp3) is 0. The van der Waals surface area contributed by atoms with E-state index in [4.69, 9.17) is 10.3 Å². The number of benzene rings is 2. The lowest BCUT2D eigenvalue weighted by Crippen LogP contribution is -1.83. The lowest BCUT2D eigenvalue weighted by atomic mass is 10.0.